The second-order valence-corrected chi connectivity index (χ2v) is 6.61. The van der Waals surface area contributed by atoms with Gasteiger partial charge in [0.05, 0.1) is 12.1 Å². The van der Waals surface area contributed by atoms with E-state index in [4.69, 9.17) is 0 Å². The summed E-state index contributed by atoms with van der Waals surface area (Å²) in [6, 6.07) is 10.7. The second-order valence-electron chi connectivity index (χ2n) is 6.61. The van der Waals surface area contributed by atoms with E-state index in [-0.39, 0.29) is 17.9 Å². The van der Waals surface area contributed by atoms with Crippen molar-refractivity contribution in [3.05, 3.63) is 53.9 Å². The molecule has 0 radical (unpaired) electrons. The number of pyridine rings is 1. The highest BCUT2D eigenvalue weighted by atomic mass is 16.2. The summed E-state index contributed by atoms with van der Waals surface area (Å²) in [5.41, 5.74) is 3.93. The van der Waals surface area contributed by atoms with Crippen LogP contribution in [-0.2, 0) is 11.2 Å². The fourth-order valence-corrected chi connectivity index (χ4v) is 3.12. The normalized spacial score (nSPS) is 13.0. The van der Waals surface area contributed by atoms with Crippen molar-refractivity contribution in [2.75, 3.05) is 16.0 Å². The number of nitrogens with zero attached hydrogens (tertiary/aromatic N) is 2. The van der Waals surface area contributed by atoms with Crippen LogP contribution in [0.1, 0.15) is 31.0 Å². The summed E-state index contributed by atoms with van der Waals surface area (Å²) in [6.07, 6.45) is 2.20. The summed E-state index contributed by atoms with van der Waals surface area (Å²) < 4.78 is 1.86. The van der Waals surface area contributed by atoms with Gasteiger partial charge in [-0.2, -0.15) is 0 Å². The Morgan fingerprint density at radius 3 is 2.88 bits per heavy atom. The molecule has 0 fully saturated rings. The molecule has 26 heavy (non-hydrogen) atoms. The van der Waals surface area contributed by atoms with Crippen molar-refractivity contribution in [3.63, 3.8) is 0 Å². The van der Waals surface area contributed by atoms with Crippen molar-refractivity contribution in [2.45, 2.75) is 26.2 Å². The van der Waals surface area contributed by atoms with Crippen molar-refractivity contribution in [1.29, 1.82) is 0 Å². The van der Waals surface area contributed by atoms with Crippen molar-refractivity contribution in [3.8, 4) is 0 Å². The number of aromatic nitrogens is 2. The van der Waals surface area contributed by atoms with Gasteiger partial charge in [0.25, 0.3) is 0 Å². The number of rotatable bonds is 3. The van der Waals surface area contributed by atoms with Crippen molar-refractivity contribution < 1.29 is 9.59 Å². The van der Waals surface area contributed by atoms with Gasteiger partial charge >= 0.3 is 6.03 Å². The first-order valence-corrected chi connectivity index (χ1v) is 8.49. The smallest absolute Gasteiger partial charge is 0.324 e. The fourth-order valence-electron chi connectivity index (χ4n) is 3.12. The molecule has 0 bridgehead atoms. The Balaban J connectivity index is 1.57. The van der Waals surface area contributed by atoms with Gasteiger partial charge in [0.2, 0.25) is 5.91 Å². The fraction of sp³-hybridized carbons (Fsp3) is 0.211. The van der Waals surface area contributed by atoms with Crippen LogP contribution in [0.2, 0.25) is 0 Å². The minimum atomic E-state index is -0.352. The van der Waals surface area contributed by atoms with Gasteiger partial charge < -0.3 is 10.6 Å². The lowest BCUT2D eigenvalue weighted by atomic mass is 10.1. The zero-order chi connectivity index (χ0) is 18.3. The summed E-state index contributed by atoms with van der Waals surface area (Å²) in [5.74, 6) is 0.794. The molecule has 0 atom stereocenters. The van der Waals surface area contributed by atoms with Gasteiger partial charge in [-0.3, -0.25) is 14.5 Å². The van der Waals surface area contributed by atoms with Crippen LogP contribution in [0.5, 0.6) is 0 Å². The molecule has 7 nitrogen and oxygen atoms in total. The molecule has 1 aliphatic rings. The number of hydrogen-bond donors (Lipinski definition) is 3. The van der Waals surface area contributed by atoms with Gasteiger partial charge in [-0.25, -0.2) is 9.78 Å². The summed E-state index contributed by atoms with van der Waals surface area (Å²) >= 11 is 0. The van der Waals surface area contributed by atoms with E-state index in [1.807, 2.05) is 48.7 Å². The third kappa shape index (κ3) is 2.88. The molecule has 3 aromatic rings. The molecule has 0 spiro atoms. The Morgan fingerprint density at radius 1 is 1.23 bits per heavy atom. The SMILES string of the molecule is CC(C)c1nc2ccccn2c1NC(=O)Nc1ccc2c(c1)CC(=O)N2. The first-order chi connectivity index (χ1) is 12.5. The molecule has 7 heteroatoms. The second kappa shape index (κ2) is 6.18. The predicted molar refractivity (Wildman–Crippen MR) is 101 cm³/mol. The van der Waals surface area contributed by atoms with E-state index < -0.39 is 0 Å². The maximum Gasteiger partial charge on any atom is 0.324 e. The zero-order valence-corrected chi connectivity index (χ0v) is 14.5. The van der Waals surface area contributed by atoms with Crippen LogP contribution < -0.4 is 16.0 Å². The van der Waals surface area contributed by atoms with E-state index in [1.165, 1.54) is 0 Å². The molecular formula is C19H19N5O2. The van der Waals surface area contributed by atoms with Crippen molar-refractivity contribution >= 4 is 34.8 Å². The molecule has 1 aromatic carbocycles. The number of carbonyl (C=O) groups is 2. The van der Waals surface area contributed by atoms with Gasteiger partial charge in [0.1, 0.15) is 11.5 Å². The molecule has 0 aliphatic carbocycles. The van der Waals surface area contributed by atoms with Crippen LogP contribution >= 0.6 is 0 Å². The van der Waals surface area contributed by atoms with Crippen LogP contribution in [-0.4, -0.2) is 21.3 Å². The third-order valence-corrected chi connectivity index (χ3v) is 4.32. The Bertz CT molecular complexity index is 1020. The maximum atomic E-state index is 12.5. The van der Waals surface area contributed by atoms with Gasteiger partial charge in [-0.1, -0.05) is 19.9 Å². The van der Waals surface area contributed by atoms with Crippen molar-refractivity contribution in [1.82, 2.24) is 9.38 Å². The standard InChI is InChI=1S/C19H19N5O2/c1-11(2)17-18(24-8-4-3-5-15(24)22-17)23-19(26)20-13-6-7-14-12(9-13)10-16(25)21-14/h3-9,11H,10H2,1-2H3,(H,21,25)(H2,20,23,26). The topological polar surface area (TPSA) is 87.5 Å². The number of carbonyl (C=O) groups excluding carboxylic acids is 2. The number of hydrogen-bond acceptors (Lipinski definition) is 3. The molecule has 0 saturated heterocycles. The van der Waals surface area contributed by atoms with Gasteiger partial charge in [0, 0.05) is 17.6 Å². The molecular weight excluding hydrogens is 330 g/mol. The largest absolute Gasteiger partial charge is 0.326 e. The highest BCUT2D eigenvalue weighted by Crippen LogP contribution is 2.27. The monoisotopic (exact) mass is 349 g/mol. The number of benzene rings is 1. The Morgan fingerprint density at radius 2 is 2.08 bits per heavy atom. The molecule has 3 amide bonds. The lowest BCUT2D eigenvalue weighted by Crippen LogP contribution is -2.21. The molecule has 2 aromatic heterocycles. The first kappa shape index (κ1) is 16.1. The minimum Gasteiger partial charge on any atom is -0.326 e. The molecule has 4 rings (SSSR count). The highest BCUT2D eigenvalue weighted by molar-refractivity contribution is 6.02. The number of urea groups is 1. The highest BCUT2D eigenvalue weighted by Gasteiger charge is 2.19. The van der Waals surface area contributed by atoms with Crippen LogP contribution in [0.15, 0.2) is 42.6 Å². The van der Waals surface area contributed by atoms with Gasteiger partial charge in [-0.15, -0.1) is 0 Å². The molecule has 1 aliphatic heterocycles. The molecule has 0 saturated carbocycles. The predicted octanol–water partition coefficient (Wildman–Crippen LogP) is 3.60. The minimum absolute atomic E-state index is 0.0334. The first-order valence-electron chi connectivity index (χ1n) is 8.49. The maximum absolute atomic E-state index is 12.5. The summed E-state index contributed by atoms with van der Waals surface area (Å²) in [6.45, 7) is 4.07. The van der Waals surface area contributed by atoms with E-state index in [1.54, 1.807) is 12.1 Å². The average molecular weight is 349 g/mol. The quantitative estimate of drug-likeness (QED) is 0.675. The number of amides is 3. The Hall–Kier alpha value is -3.35. The Kier molecular flexibility index (Phi) is 3.84. The van der Waals surface area contributed by atoms with E-state index in [9.17, 15) is 9.59 Å². The Labute approximate surface area is 150 Å². The van der Waals surface area contributed by atoms with Gasteiger partial charge in [-0.05, 0) is 41.8 Å². The molecule has 3 heterocycles. The summed E-state index contributed by atoms with van der Waals surface area (Å²) in [4.78, 5) is 28.6. The zero-order valence-electron chi connectivity index (χ0n) is 14.5. The number of nitrogens with one attached hydrogen (secondary N) is 3. The van der Waals surface area contributed by atoms with Crippen LogP contribution in [0.3, 0.4) is 0 Å². The molecule has 132 valence electrons. The van der Waals surface area contributed by atoms with Crippen LogP contribution in [0, 0.1) is 0 Å². The van der Waals surface area contributed by atoms with E-state index in [0.717, 1.165) is 22.6 Å². The van der Waals surface area contributed by atoms with E-state index in [0.29, 0.717) is 17.9 Å². The lowest BCUT2D eigenvalue weighted by Gasteiger charge is -2.11. The van der Waals surface area contributed by atoms with Gasteiger partial charge in [0.15, 0.2) is 0 Å². The lowest BCUT2D eigenvalue weighted by molar-refractivity contribution is -0.115. The van der Waals surface area contributed by atoms with Crippen LogP contribution in [0.25, 0.3) is 5.65 Å². The summed E-state index contributed by atoms with van der Waals surface area (Å²) in [5, 5.41) is 8.51. The number of fused-ring (bicyclic) bond motifs is 2. The third-order valence-electron chi connectivity index (χ3n) is 4.32. The number of imidazole rings is 1. The number of anilines is 3. The van der Waals surface area contributed by atoms with E-state index >= 15 is 0 Å². The van der Waals surface area contributed by atoms with Crippen molar-refractivity contribution in [2.24, 2.45) is 0 Å². The average Bonchev–Trinajstić information content (AvgIpc) is 3.14. The van der Waals surface area contributed by atoms with E-state index in [2.05, 4.69) is 20.9 Å². The molecule has 0 unspecified atom stereocenters. The van der Waals surface area contributed by atoms with Crippen LogP contribution in [0.4, 0.5) is 22.0 Å². The molecule has 3 N–H and O–H groups in total. The summed E-state index contributed by atoms with van der Waals surface area (Å²) in [7, 11) is 0.